The summed E-state index contributed by atoms with van der Waals surface area (Å²) in [5.74, 6) is -0.205. The number of hydrogen-bond acceptors (Lipinski definition) is 6. The average molecular weight is 324 g/mol. The standard InChI is InChI=1S/C16H16N6O2/c17-15-14(16(24)21-13-1-3-18-4-2-13)7-11(8-19-15)12-9-20-22(10-12)5-6-23/h1-4,7-10,23H,5-6H2,(H2,17,19)(H,18,21,24). The Balaban J connectivity index is 1.86. The maximum absolute atomic E-state index is 12.4. The molecule has 0 bridgehead atoms. The van der Waals surface area contributed by atoms with Gasteiger partial charge in [-0.3, -0.25) is 14.5 Å². The van der Waals surface area contributed by atoms with Crippen LogP contribution in [0.1, 0.15) is 10.4 Å². The number of hydrogen-bond donors (Lipinski definition) is 3. The van der Waals surface area contributed by atoms with E-state index in [4.69, 9.17) is 10.8 Å². The summed E-state index contributed by atoms with van der Waals surface area (Å²) >= 11 is 0. The van der Waals surface area contributed by atoms with Crippen LogP contribution >= 0.6 is 0 Å². The van der Waals surface area contributed by atoms with Crippen molar-refractivity contribution in [1.29, 1.82) is 0 Å². The van der Waals surface area contributed by atoms with Crippen molar-refractivity contribution in [2.24, 2.45) is 0 Å². The first-order valence-corrected chi connectivity index (χ1v) is 7.28. The molecule has 0 atom stereocenters. The number of carbonyl (C=O) groups excluding carboxylic acids is 1. The lowest BCUT2D eigenvalue weighted by atomic mass is 10.1. The summed E-state index contributed by atoms with van der Waals surface area (Å²) in [6, 6.07) is 5.04. The Labute approximate surface area is 138 Å². The molecule has 8 nitrogen and oxygen atoms in total. The van der Waals surface area contributed by atoms with Crippen molar-refractivity contribution in [3.8, 4) is 11.1 Å². The van der Waals surface area contributed by atoms with E-state index < -0.39 is 0 Å². The third-order valence-electron chi connectivity index (χ3n) is 3.40. The lowest BCUT2D eigenvalue weighted by Gasteiger charge is -2.08. The van der Waals surface area contributed by atoms with Crippen molar-refractivity contribution >= 4 is 17.4 Å². The van der Waals surface area contributed by atoms with E-state index in [1.807, 2.05) is 0 Å². The summed E-state index contributed by atoms with van der Waals surface area (Å²) in [5.41, 5.74) is 8.24. The van der Waals surface area contributed by atoms with Crippen molar-refractivity contribution in [3.63, 3.8) is 0 Å². The number of pyridine rings is 2. The number of nitrogens with two attached hydrogens (primary N) is 1. The minimum atomic E-state index is -0.351. The fourth-order valence-electron chi connectivity index (χ4n) is 2.19. The van der Waals surface area contributed by atoms with Crippen LogP contribution in [-0.2, 0) is 6.54 Å². The minimum absolute atomic E-state index is 0.000691. The molecule has 3 aromatic rings. The van der Waals surface area contributed by atoms with E-state index in [0.717, 1.165) is 5.56 Å². The van der Waals surface area contributed by atoms with Crippen LogP contribution in [0.25, 0.3) is 11.1 Å². The first-order chi connectivity index (χ1) is 11.7. The number of nitrogens with one attached hydrogen (secondary N) is 1. The first-order valence-electron chi connectivity index (χ1n) is 7.28. The molecule has 0 aromatic carbocycles. The fraction of sp³-hybridized carbons (Fsp3) is 0.125. The monoisotopic (exact) mass is 324 g/mol. The highest BCUT2D eigenvalue weighted by atomic mass is 16.3. The zero-order valence-corrected chi connectivity index (χ0v) is 12.8. The molecule has 8 heteroatoms. The van der Waals surface area contributed by atoms with Gasteiger partial charge in [0.05, 0.1) is 24.9 Å². The molecular formula is C16H16N6O2. The van der Waals surface area contributed by atoms with E-state index in [0.29, 0.717) is 17.8 Å². The molecule has 0 saturated carbocycles. The normalized spacial score (nSPS) is 10.5. The lowest BCUT2D eigenvalue weighted by molar-refractivity contribution is 0.102. The molecule has 122 valence electrons. The van der Waals surface area contributed by atoms with Crippen LogP contribution in [0, 0.1) is 0 Å². The van der Waals surface area contributed by atoms with E-state index >= 15 is 0 Å². The smallest absolute Gasteiger partial charge is 0.259 e. The number of nitrogens with zero attached hydrogens (tertiary/aromatic N) is 4. The molecule has 0 unspecified atom stereocenters. The van der Waals surface area contributed by atoms with Gasteiger partial charge in [0.15, 0.2) is 0 Å². The molecule has 3 rings (SSSR count). The van der Waals surface area contributed by atoms with Crippen LogP contribution in [0.2, 0.25) is 0 Å². The van der Waals surface area contributed by atoms with Gasteiger partial charge >= 0.3 is 0 Å². The number of rotatable bonds is 5. The molecule has 3 aromatic heterocycles. The number of nitrogen functional groups attached to an aromatic ring is 1. The van der Waals surface area contributed by atoms with Crippen molar-refractivity contribution in [2.45, 2.75) is 6.54 Å². The fourth-order valence-corrected chi connectivity index (χ4v) is 2.19. The van der Waals surface area contributed by atoms with Crippen molar-refractivity contribution in [2.75, 3.05) is 17.7 Å². The molecule has 4 N–H and O–H groups in total. The Bertz CT molecular complexity index is 847. The van der Waals surface area contributed by atoms with Crippen molar-refractivity contribution < 1.29 is 9.90 Å². The molecular weight excluding hydrogens is 308 g/mol. The summed E-state index contributed by atoms with van der Waals surface area (Å²) < 4.78 is 1.61. The highest BCUT2D eigenvalue weighted by molar-refractivity contribution is 6.07. The number of aliphatic hydroxyl groups excluding tert-OH is 1. The Kier molecular flexibility index (Phi) is 4.48. The first kappa shape index (κ1) is 15.6. The zero-order valence-electron chi connectivity index (χ0n) is 12.8. The van der Waals surface area contributed by atoms with Crippen molar-refractivity contribution in [1.82, 2.24) is 19.7 Å². The van der Waals surface area contributed by atoms with Crippen LogP contribution < -0.4 is 11.1 Å². The largest absolute Gasteiger partial charge is 0.394 e. The third-order valence-corrected chi connectivity index (χ3v) is 3.40. The number of amides is 1. The molecule has 0 radical (unpaired) electrons. The number of anilines is 2. The van der Waals surface area contributed by atoms with Gasteiger partial charge in [-0.1, -0.05) is 0 Å². The van der Waals surface area contributed by atoms with E-state index in [2.05, 4.69) is 20.4 Å². The number of carbonyl (C=O) groups is 1. The second-order valence-corrected chi connectivity index (χ2v) is 5.06. The lowest BCUT2D eigenvalue weighted by Crippen LogP contribution is -2.15. The van der Waals surface area contributed by atoms with E-state index in [1.54, 1.807) is 53.9 Å². The SMILES string of the molecule is Nc1ncc(-c2cnn(CCO)c2)cc1C(=O)Nc1ccncc1. The Hall–Kier alpha value is -3.26. The third kappa shape index (κ3) is 3.39. The summed E-state index contributed by atoms with van der Waals surface area (Å²) in [4.78, 5) is 20.4. The predicted molar refractivity (Wildman–Crippen MR) is 89.1 cm³/mol. The molecule has 0 spiro atoms. The topological polar surface area (TPSA) is 119 Å². The molecule has 1 amide bonds. The van der Waals surface area contributed by atoms with Crippen LogP contribution in [0.4, 0.5) is 11.5 Å². The van der Waals surface area contributed by atoms with Crippen LogP contribution in [0.3, 0.4) is 0 Å². The van der Waals surface area contributed by atoms with Crippen molar-refractivity contribution in [3.05, 3.63) is 54.7 Å². The van der Waals surface area contributed by atoms with Gasteiger partial charge in [0.25, 0.3) is 5.91 Å². The summed E-state index contributed by atoms with van der Waals surface area (Å²) in [5, 5.41) is 15.8. The average Bonchev–Trinajstić information content (AvgIpc) is 3.05. The summed E-state index contributed by atoms with van der Waals surface area (Å²) in [6.45, 7) is 0.401. The van der Waals surface area contributed by atoms with Gasteiger partial charge in [-0.15, -0.1) is 0 Å². The van der Waals surface area contributed by atoms with Gasteiger partial charge in [-0.25, -0.2) is 4.98 Å². The Morgan fingerprint density at radius 1 is 1.25 bits per heavy atom. The zero-order chi connectivity index (χ0) is 16.9. The molecule has 0 aliphatic rings. The second-order valence-electron chi connectivity index (χ2n) is 5.06. The van der Waals surface area contributed by atoms with Gasteiger partial charge < -0.3 is 16.2 Å². The van der Waals surface area contributed by atoms with Gasteiger partial charge in [0.1, 0.15) is 5.82 Å². The van der Waals surface area contributed by atoms with Gasteiger partial charge in [-0.2, -0.15) is 5.10 Å². The maximum Gasteiger partial charge on any atom is 0.259 e. The molecule has 0 fully saturated rings. The van der Waals surface area contributed by atoms with Crippen LogP contribution in [0.15, 0.2) is 49.2 Å². The molecule has 3 heterocycles. The molecule has 24 heavy (non-hydrogen) atoms. The van der Waals surface area contributed by atoms with Gasteiger partial charge in [0.2, 0.25) is 0 Å². The Morgan fingerprint density at radius 2 is 2.04 bits per heavy atom. The predicted octanol–water partition coefficient (Wildman–Crippen LogP) is 1.17. The molecule has 0 saturated heterocycles. The maximum atomic E-state index is 12.4. The van der Waals surface area contributed by atoms with Gasteiger partial charge in [-0.05, 0) is 18.2 Å². The van der Waals surface area contributed by atoms with E-state index in [1.165, 1.54) is 0 Å². The van der Waals surface area contributed by atoms with E-state index in [-0.39, 0.29) is 23.9 Å². The highest BCUT2D eigenvalue weighted by Gasteiger charge is 2.14. The number of aromatic nitrogens is 4. The molecule has 0 aliphatic carbocycles. The highest BCUT2D eigenvalue weighted by Crippen LogP contribution is 2.22. The summed E-state index contributed by atoms with van der Waals surface area (Å²) in [7, 11) is 0. The van der Waals surface area contributed by atoms with Gasteiger partial charge in [0, 0.05) is 41.6 Å². The molecule has 0 aliphatic heterocycles. The second kappa shape index (κ2) is 6.88. The number of aliphatic hydroxyl groups is 1. The quantitative estimate of drug-likeness (QED) is 0.648. The summed E-state index contributed by atoms with van der Waals surface area (Å²) in [6.07, 6.45) is 8.17. The Morgan fingerprint density at radius 3 is 2.79 bits per heavy atom. The van der Waals surface area contributed by atoms with E-state index in [9.17, 15) is 4.79 Å². The minimum Gasteiger partial charge on any atom is -0.394 e. The van der Waals surface area contributed by atoms with Crippen LogP contribution in [-0.4, -0.2) is 37.4 Å². The van der Waals surface area contributed by atoms with Crippen LogP contribution in [0.5, 0.6) is 0 Å².